The molecule has 0 heterocycles. The first-order chi connectivity index (χ1) is 11.9. The molecule has 1 N–H and O–H groups in total. The highest BCUT2D eigenvalue weighted by Gasteiger charge is 2.40. The molecule has 2 bridgehead atoms. The van der Waals surface area contributed by atoms with Gasteiger partial charge in [0, 0.05) is 19.0 Å². The third-order valence-electron chi connectivity index (χ3n) is 5.27. The van der Waals surface area contributed by atoms with Crippen molar-refractivity contribution in [2.24, 2.45) is 17.8 Å². The van der Waals surface area contributed by atoms with E-state index in [0.717, 1.165) is 18.4 Å². The largest absolute Gasteiger partial charge is 0.457 e. The molecule has 3 rings (SSSR count). The molecular weight excluding hydrogens is 325 g/mol. The summed E-state index contributed by atoms with van der Waals surface area (Å²) < 4.78 is 19.0. The zero-order valence-corrected chi connectivity index (χ0v) is 14.2. The average Bonchev–Trinajstić information content (AvgIpc) is 3.15. The minimum Gasteiger partial charge on any atom is -0.457 e. The Bertz CT molecular complexity index is 703. The van der Waals surface area contributed by atoms with Crippen molar-refractivity contribution in [3.63, 3.8) is 0 Å². The number of carbonyl (C=O) groups is 3. The summed E-state index contributed by atoms with van der Waals surface area (Å²) in [6.07, 6.45) is 5.09. The Kier molecular flexibility index (Phi) is 5.16. The molecule has 2 aliphatic carbocycles. The molecule has 134 valence electrons. The molecule has 1 aromatic carbocycles. The highest BCUT2D eigenvalue weighted by atomic mass is 19.1. The summed E-state index contributed by atoms with van der Waals surface area (Å²) in [6.45, 7) is 0.850. The zero-order valence-electron chi connectivity index (χ0n) is 14.2. The Morgan fingerprint density at radius 2 is 2.04 bits per heavy atom. The Labute approximate surface area is 145 Å². The number of carbonyl (C=O) groups excluding carboxylic acids is 3. The molecule has 2 fully saturated rings. The van der Waals surface area contributed by atoms with Crippen molar-refractivity contribution in [3.05, 3.63) is 29.6 Å². The van der Waals surface area contributed by atoms with Gasteiger partial charge in [0.25, 0.3) is 0 Å². The molecule has 1 amide bonds. The standard InChI is InChI=1S/C19H22FNO4/c1-11(22)21-15-4-5-16(17(20)9-15)18(23)10-25-19(24)8-14-7-12-2-3-13(14)6-12/h4-5,9,12-14H,2-3,6-8,10H2,1H3,(H,21,22)/t12-,13-,14-/m0/s1. The summed E-state index contributed by atoms with van der Waals surface area (Å²) in [5, 5.41) is 2.44. The van der Waals surface area contributed by atoms with Gasteiger partial charge in [0.2, 0.25) is 11.7 Å². The summed E-state index contributed by atoms with van der Waals surface area (Å²) in [5.41, 5.74) is 0.122. The highest BCUT2D eigenvalue weighted by molar-refractivity contribution is 5.99. The smallest absolute Gasteiger partial charge is 0.306 e. The second-order valence-electron chi connectivity index (χ2n) is 7.10. The fourth-order valence-corrected chi connectivity index (χ4v) is 4.15. The van der Waals surface area contributed by atoms with E-state index in [2.05, 4.69) is 5.32 Å². The van der Waals surface area contributed by atoms with E-state index in [9.17, 15) is 18.8 Å². The van der Waals surface area contributed by atoms with Crippen molar-refractivity contribution >= 4 is 23.3 Å². The van der Waals surface area contributed by atoms with Crippen molar-refractivity contribution in [1.82, 2.24) is 0 Å². The van der Waals surface area contributed by atoms with E-state index in [1.807, 2.05) is 0 Å². The van der Waals surface area contributed by atoms with Crippen molar-refractivity contribution in [2.75, 3.05) is 11.9 Å². The summed E-state index contributed by atoms with van der Waals surface area (Å²) in [7, 11) is 0. The van der Waals surface area contributed by atoms with Crippen LogP contribution in [0.25, 0.3) is 0 Å². The predicted molar refractivity (Wildman–Crippen MR) is 89.5 cm³/mol. The van der Waals surface area contributed by atoms with Gasteiger partial charge in [-0.25, -0.2) is 4.39 Å². The van der Waals surface area contributed by atoms with Crippen molar-refractivity contribution in [2.45, 2.75) is 39.0 Å². The molecule has 2 saturated carbocycles. The van der Waals surface area contributed by atoms with E-state index in [-0.39, 0.29) is 23.1 Å². The third-order valence-corrected chi connectivity index (χ3v) is 5.27. The van der Waals surface area contributed by atoms with Crippen molar-refractivity contribution < 1.29 is 23.5 Å². The molecule has 0 spiro atoms. The number of ether oxygens (including phenoxy) is 1. The lowest BCUT2D eigenvalue weighted by molar-refractivity contribution is -0.144. The maximum atomic E-state index is 14.0. The minimum atomic E-state index is -0.750. The first-order valence-corrected chi connectivity index (χ1v) is 8.68. The maximum absolute atomic E-state index is 14.0. The number of rotatable bonds is 6. The number of hydrogen-bond donors (Lipinski definition) is 1. The number of fused-ring (bicyclic) bond motifs is 2. The predicted octanol–water partition coefficient (Wildman–Crippen LogP) is 3.34. The number of benzene rings is 1. The fourth-order valence-electron chi connectivity index (χ4n) is 4.15. The van der Waals surface area contributed by atoms with Crippen LogP contribution in [-0.4, -0.2) is 24.3 Å². The van der Waals surface area contributed by atoms with Crippen LogP contribution >= 0.6 is 0 Å². The molecule has 5 nitrogen and oxygen atoms in total. The summed E-state index contributed by atoms with van der Waals surface area (Å²) in [4.78, 5) is 35.0. The minimum absolute atomic E-state index is 0.151. The van der Waals surface area contributed by atoms with Crippen molar-refractivity contribution in [3.8, 4) is 0 Å². The van der Waals surface area contributed by atoms with E-state index in [1.165, 1.54) is 38.3 Å². The van der Waals surface area contributed by atoms with Gasteiger partial charge in [-0.05, 0) is 55.2 Å². The molecule has 0 unspecified atom stereocenters. The monoisotopic (exact) mass is 347 g/mol. The molecule has 2 aliphatic rings. The van der Waals surface area contributed by atoms with Crippen molar-refractivity contribution in [1.29, 1.82) is 0 Å². The lowest BCUT2D eigenvalue weighted by Crippen LogP contribution is -2.20. The number of hydrogen-bond acceptors (Lipinski definition) is 4. The van der Waals surface area contributed by atoms with Gasteiger partial charge in [-0.15, -0.1) is 0 Å². The number of Topliss-reactive ketones (excluding diaryl/α,β-unsaturated/α-hetero) is 1. The normalized spacial score (nSPS) is 24.2. The highest BCUT2D eigenvalue weighted by Crippen LogP contribution is 2.49. The van der Waals surface area contributed by atoms with Crippen LogP contribution < -0.4 is 5.32 Å². The van der Waals surface area contributed by atoms with Gasteiger partial charge >= 0.3 is 5.97 Å². The number of nitrogens with one attached hydrogen (secondary N) is 1. The molecular formula is C19H22FNO4. The summed E-state index contributed by atoms with van der Waals surface area (Å²) in [5.74, 6) is -0.314. The number of anilines is 1. The molecule has 0 aromatic heterocycles. The lowest BCUT2D eigenvalue weighted by atomic mass is 9.86. The topological polar surface area (TPSA) is 72.5 Å². The quantitative estimate of drug-likeness (QED) is 0.633. The third kappa shape index (κ3) is 4.24. The van der Waals surface area contributed by atoms with Crippen LogP contribution in [0.4, 0.5) is 10.1 Å². The van der Waals surface area contributed by atoms with Crippen LogP contribution in [0.15, 0.2) is 18.2 Å². The van der Waals surface area contributed by atoms with Crippen LogP contribution in [0.2, 0.25) is 0 Å². The Morgan fingerprint density at radius 3 is 2.64 bits per heavy atom. The molecule has 6 heteroatoms. The first-order valence-electron chi connectivity index (χ1n) is 8.68. The van der Waals surface area contributed by atoms with Crippen LogP contribution in [0.5, 0.6) is 0 Å². The molecule has 1 aromatic rings. The molecule has 3 atom stereocenters. The van der Waals surface area contributed by atoms with E-state index in [1.54, 1.807) is 0 Å². The SMILES string of the molecule is CC(=O)Nc1ccc(C(=O)COC(=O)C[C@@H]2C[C@H]3CC[C@H]2C3)c(F)c1. The Hall–Kier alpha value is -2.24. The van der Waals surface area contributed by atoms with Crippen LogP contribution in [-0.2, 0) is 14.3 Å². The molecule has 0 aliphatic heterocycles. The lowest BCUT2D eigenvalue weighted by Gasteiger charge is -2.20. The van der Waals surface area contributed by atoms with E-state index < -0.39 is 18.2 Å². The summed E-state index contributed by atoms with van der Waals surface area (Å²) >= 11 is 0. The first kappa shape index (κ1) is 17.6. The number of esters is 1. The Balaban J connectivity index is 1.50. The van der Waals surface area contributed by atoms with E-state index in [0.29, 0.717) is 18.3 Å². The van der Waals surface area contributed by atoms with Gasteiger partial charge in [0.1, 0.15) is 5.82 Å². The number of amides is 1. The number of ketones is 1. The van der Waals surface area contributed by atoms with Crippen LogP contribution in [0.3, 0.4) is 0 Å². The van der Waals surface area contributed by atoms with Gasteiger partial charge in [-0.2, -0.15) is 0 Å². The van der Waals surface area contributed by atoms with Gasteiger partial charge in [-0.1, -0.05) is 6.42 Å². The van der Waals surface area contributed by atoms with Gasteiger partial charge in [0.05, 0.1) is 5.56 Å². The zero-order chi connectivity index (χ0) is 18.0. The van der Waals surface area contributed by atoms with E-state index >= 15 is 0 Å². The summed E-state index contributed by atoms with van der Waals surface area (Å²) in [6, 6.07) is 3.80. The van der Waals surface area contributed by atoms with Gasteiger partial charge in [-0.3, -0.25) is 14.4 Å². The number of halogens is 1. The molecule has 0 radical (unpaired) electrons. The fraction of sp³-hybridized carbons (Fsp3) is 0.526. The second kappa shape index (κ2) is 7.33. The van der Waals surface area contributed by atoms with Gasteiger partial charge < -0.3 is 10.1 Å². The maximum Gasteiger partial charge on any atom is 0.306 e. The van der Waals surface area contributed by atoms with Crippen LogP contribution in [0.1, 0.15) is 49.4 Å². The second-order valence-corrected chi connectivity index (χ2v) is 7.10. The average molecular weight is 347 g/mol. The Morgan fingerprint density at radius 1 is 1.24 bits per heavy atom. The molecule has 0 saturated heterocycles. The van der Waals surface area contributed by atoms with Crippen LogP contribution in [0, 0.1) is 23.6 Å². The van der Waals surface area contributed by atoms with E-state index in [4.69, 9.17) is 4.74 Å². The molecule has 25 heavy (non-hydrogen) atoms. The van der Waals surface area contributed by atoms with Gasteiger partial charge in [0.15, 0.2) is 6.61 Å².